The molecule has 5 aromatic heterocycles. The molecule has 2 saturated heterocycles. The van der Waals surface area contributed by atoms with Crippen molar-refractivity contribution in [3.05, 3.63) is 89.0 Å². The van der Waals surface area contributed by atoms with Crippen LogP contribution in [0.2, 0.25) is 0 Å². The van der Waals surface area contributed by atoms with Crippen LogP contribution in [0.3, 0.4) is 0 Å². The van der Waals surface area contributed by atoms with E-state index in [1.165, 1.54) is 16.2 Å². The summed E-state index contributed by atoms with van der Waals surface area (Å²) in [6.45, 7) is 12.2. The number of β-amino-alcohol motifs (C(OH)–C–C–N with tert-alkyl or cyclic N) is 1. The van der Waals surface area contributed by atoms with E-state index in [1.807, 2.05) is 58.0 Å². The Hall–Kier alpha value is -5.71. The van der Waals surface area contributed by atoms with Gasteiger partial charge in [-0.1, -0.05) is 32.0 Å². The molecule has 0 radical (unpaired) electrons. The summed E-state index contributed by atoms with van der Waals surface area (Å²) < 4.78 is 11.8. The lowest BCUT2D eigenvalue weighted by Gasteiger charge is -2.38. The predicted octanol–water partition coefficient (Wildman–Crippen LogP) is 5.38. The molecule has 0 spiro atoms. The Kier molecular flexibility index (Phi) is 10.7. The van der Waals surface area contributed by atoms with Crippen molar-refractivity contribution in [2.75, 3.05) is 32.8 Å². The number of rotatable bonds is 13. The van der Waals surface area contributed by atoms with Gasteiger partial charge in [0.2, 0.25) is 11.8 Å². The number of nitrogens with zero attached hydrogens (tertiary/aromatic N) is 7. The number of hydrogen-bond donors (Lipinski definition) is 4. The number of amides is 2. The lowest BCUT2D eigenvalue weighted by atomic mass is 9.75. The van der Waals surface area contributed by atoms with Crippen molar-refractivity contribution in [1.29, 1.82) is 0 Å². The fourth-order valence-electron chi connectivity index (χ4n) is 7.75. The fourth-order valence-corrected chi connectivity index (χ4v) is 8.54. The second-order valence-electron chi connectivity index (χ2n) is 15.8. The van der Waals surface area contributed by atoms with E-state index in [9.17, 15) is 19.8 Å². The van der Waals surface area contributed by atoms with Crippen molar-refractivity contribution in [3.63, 3.8) is 0 Å². The van der Waals surface area contributed by atoms with Gasteiger partial charge in [0.15, 0.2) is 11.4 Å². The normalized spacial score (nSPS) is 19.0. The summed E-state index contributed by atoms with van der Waals surface area (Å²) >= 11 is 1.53. The average Bonchev–Trinajstić information content (AvgIpc) is 4.02. The van der Waals surface area contributed by atoms with E-state index in [-0.39, 0.29) is 48.4 Å². The number of aliphatic hydroxyl groups is 1. The number of pyridine rings is 1. The van der Waals surface area contributed by atoms with E-state index in [2.05, 4.69) is 46.6 Å². The van der Waals surface area contributed by atoms with Gasteiger partial charge in [-0.05, 0) is 67.7 Å². The topological polar surface area (TPSA) is 196 Å². The zero-order valence-electron chi connectivity index (χ0n) is 33.0. The second-order valence-corrected chi connectivity index (χ2v) is 16.7. The molecule has 0 unspecified atom stereocenters. The smallest absolute Gasteiger partial charge is 0.254 e. The molecule has 0 aliphatic carbocycles. The maximum Gasteiger partial charge on any atom is 0.254 e. The van der Waals surface area contributed by atoms with Crippen LogP contribution in [0.5, 0.6) is 11.6 Å². The highest BCUT2D eigenvalue weighted by atomic mass is 32.1. The Bertz CT molecular complexity index is 2420. The molecule has 7 heterocycles. The largest absolute Gasteiger partial charge is 0.507 e. The summed E-state index contributed by atoms with van der Waals surface area (Å²) in [6, 6.07) is 15.3. The number of carbonyl (C=O) groups is 2. The van der Waals surface area contributed by atoms with Gasteiger partial charge in [-0.2, -0.15) is 0 Å². The van der Waals surface area contributed by atoms with Crippen molar-refractivity contribution in [3.8, 4) is 33.5 Å². The first-order valence-corrected chi connectivity index (χ1v) is 20.4. The quantitative estimate of drug-likeness (QED) is 0.117. The van der Waals surface area contributed by atoms with Gasteiger partial charge in [-0.25, -0.2) is 4.98 Å². The van der Waals surface area contributed by atoms with Crippen LogP contribution < -0.4 is 10.1 Å². The van der Waals surface area contributed by atoms with Crippen molar-refractivity contribution in [2.45, 2.75) is 70.6 Å². The number of aryl methyl sites for hydroxylation is 1. The van der Waals surface area contributed by atoms with Crippen LogP contribution >= 0.6 is 11.3 Å². The molecule has 2 aliphatic heterocycles. The predicted molar refractivity (Wildman–Crippen MR) is 217 cm³/mol. The molecule has 2 fully saturated rings. The first kappa shape index (κ1) is 39.1. The molecule has 0 saturated carbocycles. The van der Waals surface area contributed by atoms with Gasteiger partial charge < -0.3 is 34.7 Å². The Labute approximate surface area is 339 Å². The lowest BCUT2D eigenvalue weighted by Crippen LogP contribution is -2.54. The molecule has 4 N–H and O–H groups in total. The van der Waals surface area contributed by atoms with Gasteiger partial charge >= 0.3 is 0 Å². The maximum absolute atomic E-state index is 14.4. The number of fused-ring (bicyclic) bond motifs is 1. The summed E-state index contributed by atoms with van der Waals surface area (Å²) in [4.78, 5) is 45.2. The Balaban J connectivity index is 0.857. The van der Waals surface area contributed by atoms with Crippen LogP contribution in [0.25, 0.3) is 32.9 Å². The van der Waals surface area contributed by atoms with Gasteiger partial charge in [-0.15, -0.1) is 21.5 Å². The number of para-hydroxylation sites is 1. The number of carbonyl (C=O) groups excluding carboxylic acids is 2. The highest BCUT2D eigenvalue weighted by molar-refractivity contribution is 7.13. The van der Waals surface area contributed by atoms with Gasteiger partial charge in [0.05, 0.1) is 39.6 Å². The number of aliphatic hydroxyl groups excluding tert-OH is 1. The van der Waals surface area contributed by atoms with Gasteiger partial charge in [0.1, 0.15) is 23.8 Å². The second kappa shape index (κ2) is 15.9. The Morgan fingerprint density at radius 1 is 1.07 bits per heavy atom. The number of thiazole rings is 1. The molecule has 2 amide bonds. The third-order valence-electron chi connectivity index (χ3n) is 11.7. The minimum absolute atomic E-state index is 0.0254. The van der Waals surface area contributed by atoms with Crippen LogP contribution in [0.4, 0.5) is 0 Å². The third kappa shape index (κ3) is 7.54. The lowest BCUT2D eigenvalue weighted by molar-refractivity contribution is -0.145. The first-order chi connectivity index (χ1) is 27.9. The average molecular weight is 806 g/mol. The number of benzene rings is 1. The van der Waals surface area contributed by atoms with Gasteiger partial charge in [0.25, 0.3) is 5.88 Å². The number of ether oxygens (including phenoxy) is 1. The van der Waals surface area contributed by atoms with Crippen LogP contribution in [-0.2, 0) is 15.0 Å². The van der Waals surface area contributed by atoms with E-state index < -0.39 is 17.6 Å². The maximum atomic E-state index is 14.4. The standard InChI is InChI=1S/C42H47N9O6S/c1-23(2)42(5,41(55)51-21-29(52)16-34(51)40(54)45-24(3)26-10-11-31(43-18-26)38-25(4)44-22-58-38)36-17-37(49-57-36)56-13-12-50-19-28(20-50)32-14-27-15-33(47-48-39(27)46-32)30-8-6-7-9-35(30)53/h6-11,14-15,17-18,22-24,28-29,34,52-53H,12-13,16,19-21H2,1-5H3,(H,45,54)(H,46,48)/t24-,29+,34-,42-/m0/s1. The van der Waals surface area contributed by atoms with E-state index in [4.69, 9.17) is 9.26 Å². The van der Waals surface area contributed by atoms with Crippen molar-refractivity contribution < 1.29 is 29.1 Å². The molecular formula is C42H47N9O6S. The van der Waals surface area contributed by atoms with Crippen LogP contribution in [-0.4, -0.2) is 107 Å². The monoisotopic (exact) mass is 805 g/mol. The van der Waals surface area contributed by atoms with Crippen molar-refractivity contribution >= 4 is 34.2 Å². The first-order valence-electron chi connectivity index (χ1n) is 19.5. The molecule has 2 aliphatic rings. The number of phenolic OH excluding ortho intramolecular Hbond substituents is 1. The third-order valence-corrected chi connectivity index (χ3v) is 12.6. The minimum atomic E-state index is -1.19. The number of hydrogen-bond acceptors (Lipinski definition) is 13. The van der Waals surface area contributed by atoms with E-state index in [1.54, 1.807) is 36.8 Å². The fraction of sp³-hybridized carbons (Fsp3) is 0.405. The zero-order valence-corrected chi connectivity index (χ0v) is 33.9. The molecule has 1 aromatic carbocycles. The van der Waals surface area contributed by atoms with Crippen molar-refractivity contribution in [1.82, 2.24) is 45.4 Å². The molecule has 4 atom stereocenters. The van der Waals surface area contributed by atoms with Crippen LogP contribution in [0.1, 0.15) is 68.8 Å². The highest BCUT2D eigenvalue weighted by Crippen LogP contribution is 2.38. The van der Waals surface area contributed by atoms with Crippen LogP contribution in [0, 0.1) is 12.8 Å². The minimum Gasteiger partial charge on any atom is -0.507 e. The molecule has 0 bridgehead atoms. The van der Waals surface area contributed by atoms with E-state index >= 15 is 0 Å². The van der Waals surface area contributed by atoms with E-state index in [0.717, 1.165) is 46.0 Å². The summed E-state index contributed by atoms with van der Waals surface area (Å²) in [7, 11) is 0. The highest BCUT2D eigenvalue weighted by Gasteiger charge is 2.50. The zero-order chi connectivity index (χ0) is 40.7. The van der Waals surface area contributed by atoms with Crippen LogP contribution in [0.15, 0.2) is 70.8 Å². The van der Waals surface area contributed by atoms with E-state index in [0.29, 0.717) is 41.7 Å². The van der Waals surface area contributed by atoms with Gasteiger partial charge in [0, 0.05) is 67.4 Å². The van der Waals surface area contributed by atoms with Crippen molar-refractivity contribution in [2.24, 2.45) is 5.92 Å². The molecular weight excluding hydrogens is 759 g/mol. The number of nitrogens with one attached hydrogen (secondary N) is 2. The number of aromatic amines is 1. The molecule has 302 valence electrons. The summed E-state index contributed by atoms with van der Waals surface area (Å²) in [5, 5.41) is 37.7. The molecule has 8 rings (SSSR count). The summed E-state index contributed by atoms with van der Waals surface area (Å²) in [5.41, 5.74) is 6.19. The number of aromatic nitrogens is 6. The molecule has 16 heteroatoms. The number of likely N-dealkylation sites (tertiary alicyclic amines) is 2. The summed E-state index contributed by atoms with van der Waals surface area (Å²) in [6.07, 6.45) is 1.01. The molecule has 15 nitrogen and oxygen atoms in total. The number of H-pyrrole nitrogens is 1. The number of phenols is 1. The summed E-state index contributed by atoms with van der Waals surface area (Å²) in [5.74, 6) is 0.155. The van der Waals surface area contributed by atoms with Gasteiger partial charge in [-0.3, -0.25) is 19.5 Å². The Morgan fingerprint density at radius 2 is 1.88 bits per heavy atom. The SMILES string of the molecule is Cc1ncsc1-c1ccc([C@H](C)NC(=O)[C@@H]2C[C@@H](O)CN2C(=O)[C@](C)(c2cc(OCCN3CC(c4cc5cc(-c6ccccc6O)nnc5[nH]4)C3)no2)C(C)C)cn1. The number of aromatic hydroxyl groups is 1. The molecule has 58 heavy (non-hydrogen) atoms. The molecule has 6 aromatic rings. The Morgan fingerprint density at radius 3 is 2.60 bits per heavy atom.